The molecule has 0 amide bonds. The summed E-state index contributed by atoms with van der Waals surface area (Å²) in [5.74, 6) is 0.583. The van der Waals surface area contributed by atoms with Gasteiger partial charge in [-0.3, -0.25) is 4.40 Å². The molecule has 0 bridgehead atoms. The topological polar surface area (TPSA) is 90.0 Å². The number of nitrogens with one attached hydrogen (secondary N) is 2. The Hall–Kier alpha value is -2.04. The molecule has 1 unspecified atom stereocenters. The number of quaternary nitrogens is 1. The minimum atomic E-state index is -1.00. The van der Waals surface area contributed by atoms with Gasteiger partial charge in [-0.15, -0.1) is 0 Å². The van der Waals surface area contributed by atoms with Gasteiger partial charge in [0.2, 0.25) is 0 Å². The minimum Gasteiger partial charge on any atom is -0.595 e. The molecular formula is C16H11Br2N5O2. The van der Waals surface area contributed by atoms with Crippen molar-refractivity contribution in [3.05, 3.63) is 63.1 Å². The number of fused-ring (bicyclic) bond motifs is 3. The normalized spacial score (nSPS) is 12.6. The van der Waals surface area contributed by atoms with Crippen LogP contribution in [-0.2, 0) is 0 Å². The quantitative estimate of drug-likeness (QED) is 0.403. The van der Waals surface area contributed by atoms with Crippen LogP contribution >= 0.6 is 31.9 Å². The van der Waals surface area contributed by atoms with Crippen LogP contribution in [0.5, 0.6) is 0 Å². The second-order valence-corrected chi connectivity index (χ2v) is 7.02. The van der Waals surface area contributed by atoms with Crippen molar-refractivity contribution in [2.75, 3.05) is 5.32 Å². The summed E-state index contributed by atoms with van der Waals surface area (Å²) in [5, 5.41) is 23.3. The molecule has 0 fully saturated rings. The van der Waals surface area contributed by atoms with E-state index in [1.165, 1.54) is 0 Å². The molecule has 0 saturated heterocycles. The maximum Gasteiger partial charge on any atom is 0.190 e. The van der Waals surface area contributed by atoms with E-state index in [0.29, 0.717) is 22.4 Å². The summed E-state index contributed by atoms with van der Waals surface area (Å²) >= 11 is 7.04. The Kier molecular flexibility index (Phi) is 4.18. The third-order valence-electron chi connectivity index (χ3n) is 3.81. The van der Waals surface area contributed by atoms with Crippen molar-refractivity contribution in [3.63, 3.8) is 0 Å². The zero-order valence-electron chi connectivity index (χ0n) is 12.6. The first kappa shape index (κ1) is 16.4. The number of anilines is 2. The Balaban J connectivity index is 1.98. The van der Waals surface area contributed by atoms with Crippen LogP contribution in [0.4, 0.5) is 17.2 Å². The molecule has 2 heterocycles. The van der Waals surface area contributed by atoms with Gasteiger partial charge in [0, 0.05) is 15.0 Å². The summed E-state index contributed by atoms with van der Waals surface area (Å²) < 4.78 is 3.49. The van der Waals surface area contributed by atoms with E-state index >= 15 is 0 Å². The summed E-state index contributed by atoms with van der Waals surface area (Å²) in [5.41, 5.74) is 2.77. The molecule has 2 aromatic heterocycles. The van der Waals surface area contributed by atoms with Crippen LogP contribution in [0.2, 0.25) is 0 Å². The third kappa shape index (κ3) is 2.79. The van der Waals surface area contributed by atoms with Crippen LogP contribution in [0.25, 0.3) is 16.6 Å². The van der Waals surface area contributed by atoms with E-state index in [4.69, 9.17) is 0 Å². The Bertz CT molecular complexity index is 1080. The number of imidazole rings is 1. The fourth-order valence-electron chi connectivity index (χ4n) is 2.70. The van der Waals surface area contributed by atoms with Crippen LogP contribution in [0, 0.1) is 5.21 Å². The number of benzene rings is 2. The number of hydrogen-bond donors (Lipinski definition) is 3. The molecule has 25 heavy (non-hydrogen) atoms. The molecule has 126 valence electrons. The van der Waals surface area contributed by atoms with Gasteiger partial charge in [0.05, 0.1) is 17.4 Å². The number of rotatable bonds is 3. The first-order valence-electron chi connectivity index (χ1n) is 7.25. The number of para-hydroxylation sites is 2. The van der Waals surface area contributed by atoms with Crippen molar-refractivity contribution in [1.29, 1.82) is 0 Å². The number of halogens is 2. The van der Waals surface area contributed by atoms with Crippen LogP contribution in [0.3, 0.4) is 0 Å². The Labute approximate surface area is 158 Å². The lowest BCUT2D eigenvalue weighted by molar-refractivity contribution is -0.990. The Morgan fingerprint density at radius 1 is 1.12 bits per heavy atom. The Morgan fingerprint density at radius 2 is 1.84 bits per heavy atom. The van der Waals surface area contributed by atoms with Gasteiger partial charge in [-0.1, -0.05) is 12.1 Å². The van der Waals surface area contributed by atoms with Crippen LogP contribution in [-0.4, -0.2) is 19.6 Å². The first-order chi connectivity index (χ1) is 12.1. The highest BCUT2D eigenvalue weighted by Crippen LogP contribution is 2.34. The van der Waals surface area contributed by atoms with Gasteiger partial charge in [-0.25, -0.2) is 15.2 Å². The lowest BCUT2D eigenvalue weighted by atomic mass is 10.2. The van der Waals surface area contributed by atoms with Gasteiger partial charge in [0.15, 0.2) is 11.5 Å². The molecule has 0 spiro atoms. The number of aromatic nitrogens is 3. The molecule has 4 rings (SSSR count). The van der Waals surface area contributed by atoms with Crippen molar-refractivity contribution >= 4 is 65.6 Å². The molecule has 3 N–H and O–H groups in total. The van der Waals surface area contributed by atoms with Gasteiger partial charge in [0.25, 0.3) is 0 Å². The maximum atomic E-state index is 11.6. The minimum absolute atomic E-state index is 0.182. The third-order valence-corrected chi connectivity index (χ3v) is 5.13. The molecule has 4 aromatic rings. The van der Waals surface area contributed by atoms with Gasteiger partial charge in [-0.2, -0.15) is 5.23 Å². The van der Waals surface area contributed by atoms with Gasteiger partial charge >= 0.3 is 0 Å². The standard InChI is InChI=1S/C16H11Br2N5O2/c17-9-3-1-4-10(18)14(9)21-16-13-7-19-8-22(13)15-11(20-16)5-2-6-12(15)23(24)25/h1-8,23-24H,(H,20,21). The van der Waals surface area contributed by atoms with Crippen LogP contribution < -0.4 is 10.5 Å². The fourth-order valence-corrected chi connectivity index (χ4v) is 3.90. The molecular weight excluding hydrogens is 454 g/mol. The largest absolute Gasteiger partial charge is 0.595 e. The van der Waals surface area contributed by atoms with Crippen LogP contribution in [0.15, 0.2) is 57.9 Å². The first-order valence-corrected chi connectivity index (χ1v) is 8.84. The second-order valence-electron chi connectivity index (χ2n) is 5.31. The van der Waals surface area contributed by atoms with E-state index in [2.05, 4.69) is 47.1 Å². The van der Waals surface area contributed by atoms with E-state index in [1.54, 1.807) is 35.1 Å². The molecule has 0 saturated carbocycles. The molecule has 2 aromatic carbocycles. The van der Waals surface area contributed by atoms with E-state index in [0.717, 1.165) is 14.6 Å². The lowest BCUT2D eigenvalue weighted by Gasteiger charge is -2.16. The van der Waals surface area contributed by atoms with E-state index in [9.17, 15) is 10.4 Å². The van der Waals surface area contributed by atoms with Crippen LogP contribution in [0.1, 0.15) is 0 Å². The molecule has 0 aliphatic carbocycles. The predicted octanol–water partition coefficient (Wildman–Crippen LogP) is 3.55. The number of hydrogen-bond acceptors (Lipinski definition) is 5. The molecule has 0 aliphatic heterocycles. The smallest absolute Gasteiger partial charge is 0.190 e. The zero-order valence-corrected chi connectivity index (χ0v) is 15.7. The van der Waals surface area contributed by atoms with E-state index in [1.807, 2.05) is 18.2 Å². The summed E-state index contributed by atoms with van der Waals surface area (Å²) in [6.45, 7) is 0. The average molecular weight is 465 g/mol. The van der Waals surface area contributed by atoms with Crippen molar-refractivity contribution in [2.45, 2.75) is 0 Å². The molecule has 1 atom stereocenters. The van der Waals surface area contributed by atoms with Crippen molar-refractivity contribution in [2.24, 2.45) is 0 Å². The SMILES string of the molecule is [O-][NH+](O)c1cccc2nc(Nc3c(Br)cccc3Br)c3cncn3c12. The average Bonchev–Trinajstić information content (AvgIpc) is 3.07. The summed E-state index contributed by atoms with van der Waals surface area (Å²) in [6, 6.07) is 10.8. The number of nitrogens with zero attached hydrogens (tertiary/aromatic N) is 3. The summed E-state index contributed by atoms with van der Waals surface area (Å²) in [4.78, 5) is 8.78. The Morgan fingerprint density at radius 3 is 2.56 bits per heavy atom. The van der Waals surface area contributed by atoms with Crippen molar-refractivity contribution in [3.8, 4) is 0 Å². The predicted molar refractivity (Wildman–Crippen MR) is 101 cm³/mol. The fraction of sp³-hybridized carbons (Fsp3) is 0. The highest BCUT2D eigenvalue weighted by Gasteiger charge is 2.16. The summed E-state index contributed by atoms with van der Waals surface area (Å²) in [6.07, 6.45) is 3.24. The summed E-state index contributed by atoms with van der Waals surface area (Å²) in [7, 11) is 0. The second kappa shape index (κ2) is 6.36. The maximum absolute atomic E-state index is 11.6. The van der Waals surface area contributed by atoms with Crippen molar-refractivity contribution < 1.29 is 10.4 Å². The zero-order chi connectivity index (χ0) is 17.6. The highest BCUT2D eigenvalue weighted by atomic mass is 79.9. The molecule has 0 aliphatic rings. The van der Waals surface area contributed by atoms with E-state index in [-0.39, 0.29) is 5.69 Å². The molecule has 7 nitrogen and oxygen atoms in total. The monoisotopic (exact) mass is 463 g/mol. The van der Waals surface area contributed by atoms with E-state index < -0.39 is 5.23 Å². The van der Waals surface area contributed by atoms with Gasteiger partial charge in [-0.05, 0) is 50.1 Å². The van der Waals surface area contributed by atoms with Gasteiger partial charge < -0.3 is 10.5 Å². The van der Waals surface area contributed by atoms with Gasteiger partial charge in [0.1, 0.15) is 17.4 Å². The lowest BCUT2D eigenvalue weighted by Crippen LogP contribution is -2.99. The molecule has 9 heteroatoms. The van der Waals surface area contributed by atoms with Crippen molar-refractivity contribution in [1.82, 2.24) is 14.4 Å². The highest BCUT2D eigenvalue weighted by molar-refractivity contribution is 9.11. The molecule has 0 radical (unpaired) electrons.